The zero-order valence-corrected chi connectivity index (χ0v) is 13.2. The summed E-state index contributed by atoms with van der Waals surface area (Å²) in [4.78, 5) is 37.5. The number of hydrogen-bond acceptors (Lipinski definition) is 3. The van der Waals surface area contributed by atoms with E-state index in [2.05, 4.69) is 21.2 Å². The second kappa shape index (κ2) is 6.71. The maximum atomic E-state index is 11.8. The third kappa shape index (κ3) is 4.04. The number of anilines is 1. The van der Waals surface area contributed by atoms with Gasteiger partial charge in [-0.2, -0.15) is 0 Å². The molecule has 1 aliphatic heterocycles. The molecule has 1 aliphatic rings. The van der Waals surface area contributed by atoms with E-state index >= 15 is 0 Å². The van der Waals surface area contributed by atoms with Crippen LogP contribution in [0.5, 0.6) is 0 Å². The highest BCUT2D eigenvalue weighted by Crippen LogP contribution is 2.15. The van der Waals surface area contributed by atoms with Crippen LogP contribution in [0.1, 0.15) is 12.8 Å². The number of carbonyl (C=O) groups is 3. The second-order valence-electron chi connectivity index (χ2n) is 4.84. The van der Waals surface area contributed by atoms with Gasteiger partial charge < -0.3 is 10.2 Å². The summed E-state index contributed by atoms with van der Waals surface area (Å²) in [6.45, 7) is 0.389. The van der Waals surface area contributed by atoms with Crippen molar-refractivity contribution in [2.75, 3.05) is 25.5 Å². The van der Waals surface area contributed by atoms with Crippen LogP contribution >= 0.6 is 15.9 Å². The zero-order valence-electron chi connectivity index (χ0n) is 11.6. The van der Waals surface area contributed by atoms with E-state index in [0.717, 1.165) is 10.2 Å². The smallest absolute Gasteiger partial charge is 0.326 e. The van der Waals surface area contributed by atoms with Gasteiger partial charge in [0.2, 0.25) is 11.8 Å². The third-order valence-electron chi connectivity index (χ3n) is 3.14. The van der Waals surface area contributed by atoms with Crippen LogP contribution in [0.3, 0.4) is 0 Å². The SMILES string of the molecule is CN1CC(=O)N(CCCC(=O)Nc2ccc(Br)cc2)C1=O. The predicted molar refractivity (Wildman–Crippen MR) is 81.7 cm³/mol. The quantitative estimate of drug-likeness (QED) is 0.823. The lowest BCUT2D eigenvalue weighted by atomic mass is 10.2. The van der Waals surface area contributed by atoms with E-state index in [-0.39, 0.29) is 37.4 Å². The molecule has 21 heavy (non-hydrogen) atoms. The van der Waals surface area contributed by atoms with E-state index in [1.54, 1.807) is 19.2 Å². The number of imide groups is 1. The first-order valence-electron chi connectivity index (χ1n) is 6.58. The number of nitrogens with one attached hydrogen (secondary N) is 1. The highest BCUT2D eigenvalue weighted by Gasteiger charge is 2.32. The lowest BCUT2D eigenvalue weighted by Gasteiger charge is -2.13. The number of amides is 4. The summed E-state index contributed by atoms with van der Waals surface area (Å²) in [5.41, 5.74) is 0.719. The molecule has 112 valence electrons. The largest absolute Gasteiger partial charge is 0.326 e. The fourth-order valence-corrected chi connectivity index (χ4v) is 2.31. The van der Waals surface area contributed by atoms with Crippen LogP contribution in [0.25, 0.3) is 0 Å². The molecule has 4 amide bonds. The predicted octanol–water partition coefficient (Wildman–Crippen LogP) is 2.06. The van der Waals surface area contributed by atoms with E-state index in [4.69, 9.17) is 0 Å². The molecule has 1 heterocycles. The fraction of sp³-hybridized carbons (Fsp3) is 0.357. The molecule has 0 atom stereocenters. The average Bonchev–Trinajstić information content (AvgIpc) is 2.68. The van der Waals surface area contributed by atoms with Gasteiger partial charge in [0.1, 0.15) is 6.54 Å². The summed E-state index contributed by atoms with van der Waals surface area (Å²) in [5, 5.41) is 2.77. The van der Waals surface area contributed by atoms with Crippen molar-refractivity contribution >= 4 is 39.5 Å². The lowest BCUT2D eigenvalue weighted by molar-refractivity contribution is -0.125. The number of urea groups is 1. The normalized spacial score (nSPS) is 14.8. The topological polar surface area (TPSA) is 69.7 Å². The van der Waals surface area contributed by atoms with E-state index in [1.165, 1.54) is 9.80 Å². The van der Waals surface area contributed by atoms with Gasteiger partial charge in [-0.25, -0.2) is 4.79 Å². The van der Waals surface area contributed by atoms with Crippen molar-refractivity contribution in [3.8, 4) is 0 Å². The van der Waals surface area contributed by atoms with Gasteiger partial charge in [0.25, 0.3) is 0 Å². The van der Waals surface area contributed by atoms with Crippen molar-refractivity contribution in [2.45, 2.75) is 12.8 Å². The monoisotopic (exact) mass is 353 g/mol. The molecule has 0 bridgehead atoms. The van der Waals surface area contributed by atoms with Crippen LogP contribution < -0.4 is 5.32 Å². The van der Waals surface area contributed by atoms with Crippen LogP contribution in [-0.2, 0) is 9.59 Å². The summed E-state index contributed by atoms with van der Waals surface area (Å²) in [5.74, 6) is -0.347. The molecule has 1 saturated heterocycles. The fourth-order valence-electron chi connectivity index (χ4n) is 2.04. The number of rotatable bonds is 5. The van der Waals surface area contributed by atoms with Gasteiger partial charge in [0.15, 0.2) is 0 Å². The van der Waals surface area contributed by atoms with E-state index < -0.39 is 0 Å². The highest BCUT2D eigenvalue weighted by atomic mass is 79.9. The minimum absolute atomic E-state index is 0.115. The minimum Gasteiger partial charge on any atom is -0.326 e. The molecule has 1 fully saturated rings. The van der Waals surface area contributed by atoms with Crippen LogP contribution in [0.2, 0.25) is 0 Å². The Bertz CT molecular complexity index is 559. The van der Waals surface area contributed by atoms with Crippen molar-refractivity contribution in [1.29, 1.82) is 0 Å². The Kier molecular flexibility index (Phi) is 4.95. The minimum atomic E-state index is -0.298. The Labute approximate surface area is 131 Å². The van der Waals surface area contributed by atoms with Crippen molar-refractivity contribution in [3.63, 3.8) is 0 Å². The Morgan fingerprint density at radius 1 is 1.29 bits per heavy atom. The Morgan fingerprint density at radius 3 is 2.52 bits per heavy atom. The molecule has 0 spiro atoms. The number of likely N-dealkylation sites (N-methyl/N-ethyl adjacent to an activating group) is 1. The molecule has 0 unspecified atom stereocenters. The molecule has 0 radical (unpaired) electrons. The third-order valence-corrected chi connectivity index (χ3v) is 3.67. The van der Waals surface area contributed by atoms with Crippen molar-refractivity contribution in [2.24, 2.45) is 0 Å². The molecule has 1 aromatic rings. The van der Waals surface area contributed by atoms with Crippen molar-refractivity contribution < 1.29 is 14.4 Å². The van der Waals surface area contributed by atoms with Gasteiger partial charge in [-0.15, -0.1) is 0 Å². The summed E-state index contributed by atoms with van der Waals surface area (Å²) in [7, 11) is 1.58. The maximum Gasteiger partial charge on any atom is 0.326 e. The van der Waals surface area contributed by atoms with Crippen LogP contribution in [0, 0.1) is 0 Å². The van der Waals surface area contributed by atoms with Crippen LogP contribution in [0.15, 0.2) is 28.7 Å². The standard InChI is InChI=1S/C14H16BrN3O3/c1-17-9-13(20)18(14(17)21)8-2-3-12(19)16-11-6-4-10(15)5-7-11/h4-7H,2-3,8-9H2,1H3,(H,16,19). The summed E-state index contributed by atoms with van der Waals surface area (Å²) < 4.78 is 0.940. The zero-order chi connectivity index (χ0) is 15.4. The molecule has 1 N–H and O–H groups in total. The lowest BCUT2D eigenvalue weighted by Crippen LogP contribution is -2.32. The summed E-state index contributed by atoms with van der Waals surface area (Å²) in [6, 6.07) is 6.97. The van der Waals surface area contributed by atoms with Crippen molar-refractivity contribution in [3.05, 3.63) is 28.7 Å². The molecule has 6 nitrogen and oxygen atoms in total. The van der Waals surface area contributed by atoms with E-state index in [0.29, 0.717) is 6.42 Å². The molecule has 2 rings (SSSR count). The van der Waals surface area contributed by atoms with Crippen molar-refractivity contribution in [1.82, 2.24) is 9.80 Å². The first kappa shape index (κ1) is 15.5. The van der Waals surface area contributed by atoms with Gasteiger partial charge in [-0.1, -0.05) is 15.9 Å². The van der Waals surface area contributed by atoms with Gasteiger partial charge in [-0.05, 0) is 30.7 Å². The molecule has 0 aliphatic carbocycles. The first-order valence-corrected chi connectivity index (χ1v) is 7.37. The number of benzene rings is 1. The van der Waals surface area contributed by atoms with Gasteiger partial charge in [-0.3, -0.25) is 14.5 Å². The second-order valence-corrected chi connectivity index (χ2v) is 5.76. The van der Waals surface area contributed by atoms with Crippen LogP contribution in [-0.4, -0.2) is 47.8 Å². The molecule has 0 aromatic heterocycles. The Balaban J connectivity index is 1.76. The summed E-state index contributed by atoms with van der Waals surface area (Å²) in [6.07, 6.45) is 0.713. The molecule has 7 heteroatoms. The first-order chi connectivity index (χ1) is 9.97. The number of halogens is 1. The molecule has 0 saturated carbocycles. The molecular formula is C14H16BrN3O3. The molecule has 1 aromatic carbocycles. The Hall–Kier alpha value is -1.89. The van der Waals surface area contributed by atoms with Gasteiger partial charge in [0, 0.05) is 30.2 Å². The maximum absolute atomic E-state index is 11.8. The summed E-state index contributed by atoms with van der Waals surface area (Å²) >= 11 is 3.32. The highest BCUT2D eigenvalue weighted by molar-refractivity contribution is 9.10. The number of carbonyl (C=O) groups excluding carboxylic acids is 3. The average molecular weight is 354 g/mol. The van der Waals surface area contributed by atoms with Crippen LogP contribution in [0.4, 0.5) is 10.5 Å². The molecular weight excluding hydrogens is 338 g/mol. The Morgan fingerprint density at radius 2 is 1.95 bits per heavy atom. The number of hydrogen-bond donors (Lipinski definition) is 1. The van der Waals surface area contributed by atoms with E-state index in [9.17, 15) is 14.4 Å². The number of nitrogens with zero attached hydrogens (tertiary/aromatic N) is 2. The van der Waals surface area contributed by atoms with Gasteiger partial charge >= 0.3 is 6.03 Å². The van der Waals surface area contributed by atoms with Gasteiger partial charge in [0.05, 0.1) is 0 Å². The van der Waals surface area contributed by atoms with E-state index in [1.807, 2.05) is 12.1 Å².